The minimum atomic E-state index is -0.749. The van der Waals surface area contributed by atoms with Crippen molar-refractivity contribution >= 4 is 22.8 Å². The highest BCUT2D eigenvalue weighted by Crippen LogP contribution is 2.27. The van der Waals surface area contributed by atoms with Gasteiger partial charge in [0.15, 0.2) is 0 Å². The van der Waals surface area contributed by atoms with Crippen molar-refractivity contribution < 1.29 is 14.3 Å². The minimum Gasteiger partial charge on any atom is -0.383 e. The molecule has 1 unspecified atom stereocenters. The van der Waals surface area contributed by atoms with Crippen molar-refractivity contribution in [2.75, 3.05) is 20.3 Å². The second-order valence-electron chi connectivity index (χ2n) is 8.92. The van der Waals surface area contributed by atoms with Gasteiger partial charge in [0, 0.05) is 19.7 Å². The first-order valence-electron chi connectivity index (χ1n) is 12.0. The number of nitrogens with zero attached hydrogens (tertiary/aromatic N) is 4. The molecule has 2 aromatic carbocycles. The Balaban J connectivity index is 1.65. The molecular weight excluding hydrogens is 430 g/mol. The molecular formula is C26H33N5O3. The van der Waals surface area contributed by atoms with Gasteiger partial charge in [0.1, 0.15) is 18.1 Å². The van der Waals surface area contributed by atoms with E-state index in [1.165, 1.54) is 6.42 Å². The Kier molecular flexibility index (Phi) is 7.90. The molecule has 4 rings (SSSR count). The Morgan fingerprint density at radius 3 is 2.62 bits per heavy atom. The van der Waals surface area contributed by atoms with Crippen LogP contribution in [0.2, 0.25) is 0 Å². The van der Waals surface area contributed by atoms with Gasteiger partial charge in [-0.3, -0.25) is 9.59 Å². The van der Waals surface area contributed by atoms with E-state index in [0.29, 0.717) is 13.2 Å². The van der Waals surface area contributed by atoms with Gasteiger partial charge < -0.3 is 15.0 Å². The number of para-hydroxylation sites is 1. The lowest BCUT2D eigenvalue weighted by Gasteiger charge is -2.34. The average molecular weight is 464 g/mol. The lowest BCUT2D eigenvalue weighted by Crippen LogP contribution is -2.49. The molecule has 3 aromatic rings. The topological polar surface area (TPSA) is 89.3 Å². The van der Waals surface area contributed by atoms with Crippen molar-refractivity contribution in [2.45, 2.75) is 57.7 Å². The van der Waals surface area contributed by atoms with E-state index in [1.54, 1.807) is 16.7 Å². The van der Waals surface area contributed by atoms with Gasteiger partial charge in [0.05, 0.1) is 12.1 Å². The Hall–Kier alpha value is -3.26. The van der Waals surface area contributed by atoms with Gasteiger partial charge in [-0.2, -0.15) is 0 Å². The molecule has 1 N–H and O–H groups in total. The van der Waals surface area contributed by atoms with E-state index < -0.39 is 6.04 Å². The smallest absolute Gasteiger partial charge is 0.247 e. The van der Waals surface area contributed by atoms with Crippen LogP contribution < -0.4 is 5.32 Å². The van der Waals surface area contributed by atoms with E-state index >= 15 is 0 Å². The number of carbonyl (C=O) groups is 2. The fourth-order valence-electron chi connectivity index (χ4n) is 4.71. The summed E-state index contributed by atoms with van der Waals surface area (Å²) in [6.07, 6.45) is 5.39. The molecule has 1 aromatic heterocycles. The fourth-order valence-corrected chi connectivity index (χ4v) is 4.71. The lowest BCUT2D eigenvalue weighted by atomic mass is 9.94. The van der Waals surface area contributed by atoms with E-state index in [2.05, 4.69) is 15.6 Å². The molecule has 1 saturated carbocycles. The van der Waals surface area contributed by atoms with Crippen molar-refractivity contribution in [1.82, 2.24) is 25.2 Å². The Morgan fingerprint density at radius 1 is 1.12 bits per heavy atom. The molecule has 1 atom stereocenters. The highest BCUT2D eigenvalue weighted by molar-refractivity contribution is 5.89. The number of aryl methyl sites for hydroxylation is 1. The molecule has 1 fully saturated rings. The Labute approximate surface area is 200 Å². The number of carbonyl (C=O) groups excluding carboxylic acids is 2. The maximum Gasteiger partial charge on any atom is 0.247 e. The number of hydrogen-bond acceptors (Lipinski definition) is 5. The van der Waals surface area contributed by atoms with Crippen LogP contribution >= 0.6 is 0 Å². The van der Waals surface area contributed by atoms with Crippen LogP contribution in [-0.4, -0.2) is 58.0 Å². The minimum absolute atomic E-state index is 0.0106. The molecule has 2 amide bonds. The van der Waals surface area contributed by atoms with Gasteiger partial charge in [-0.15, -0.1) is 5.10 Å². The van der Waals surface area contributed by atoms with Crippen molar-refractivity contribution in [1.29, 1.82) is 0 Å². The van der Waals surface area contributed by atoms with Gasteiger partial charge in [-0.25, -0.2) is 4.68 Å². The third kappa shape index (κ3) is 5.44. The summed E-state index contributed by atoms with van der Waals surface area (Å²) in [4.78, 5) is 29.0. The Morgan fingerprint density at radius 2 is 1.85 bits per heavy atom. The van der Waals surface area contributed by atoms with Gasteiger partial charge in [0.2, 0.25) is 11.8 Å². The average Bonchev–Trinajstić information content (AvgIpc) is 3.25. The number of aromatic nitrogens is 3. The van der Waals surface area contributed by atoms with Crippen LogP contribution in [0.4, 0.5) is 0 Å². The van der Waals surface area contributed by atoms with Crippen LogP contribution in [0.15, 0.2) is 48.5 Å². The number of amides is 2. The van der Waals surface area contributed by atoms with Crippen LogP contribution in [0.25, 0.3) is 11.0 Å². The molecule has 0 bridgehead atoms. The van der Waals surface area contributed by atoms with Crippen molar-refractivity contribution in [3.05, 3.63) is 59.7 Å². The van der Waals surface area contributed by atoms with Crippen molar-refractivity contribution in [3.63, 3.8) is 0 Å². The molecule has 1 heterocycles. The molecule has 8 nitrogen and oxygen atoms in total. The third-order valence-corrected chi connectivity index (χ3v) is 6.56. The Bertz CT molecular complexity index is 1120. The van der Waals surface area contributed by atoms with E-state index in [4.69, 9.17) is 4.74 Å². The van der Waals surface area contributed by atoms with Gasteiger partial charge in [0.25, 0.3) is 0 Å². The normalized spacial score (nSPS) is 15.2. The van der Waals surface area contributed by atoms with Crippen LogP contribution in [0.3, 0.4) is 0 Å². The van der Waals surface area contributed by atoms with Crippen LogP contribution in [0.5, 0.6) is 0 Å². The maximum atomic E-state index is 13.7. The van der Waals surface area contributed by atoms with Crippen molar-refractivity contribution in [2.24, 2.45) is 0 Å². The summed E-state index contributed by atoms with van der Waals surface area (Å²) in [7, 11) is 1.60. The summed E-state index contributed by atoms with van der Waals surface area (Å²) in [6.45, 7) is 2.57. The molecule has 180 valence electrons. The summed E-state index contributed by atoms with van der Waals surface area (Å²) in [5.74, 6) is -0.353. The van der Waals surface area contributed by atoms with E-state index in [1.807, 2.05) is 55.5 Å². The largest absolute Gasteiger partial charge is 0.383 e. The number of ether oxygens (including phenoxy) is 1. The monoisotopic (exact) mass is 463 g/mol. The first kappa shape index (κ1) is 23.9. The standard InChI is InChI=1S/C26H33N5O3/c1-19-10-6-7-13-21(19)25(26(33)27-20-11-4-3-5-12-20)30(16-17-34-2)24(32)18-31-23-15-9-8-14-22(23)28-29-31/h6-10,13-15,20,25H,3-5,11-12,16-18H2,1-2H3,(H,27,33). The number of rotatable bonds is 9. The zero-order valence-electron chi connectivity index (χ0n) is 19.9. The summed E-state index contributed by atoms with van der Waals surface area (Å²) >= 11 is 0. The number of benzene rings is 2. The first-order valence-corrected chi connectivity index (χ1v) is 12.0. The molecule has 1 aliphatic carbocycles. The van der Waals surface area contributed by atoms with Gasteiger partial charge in [-0.1, -0.05) is 60.9 Å². The molecule has 0 saturated heterocycles. The van der Waals surface area contributed by atoms with Crippen LogP contribution in [0, 0.1) is 6.92 Å². The fraction of sp³-hybridized carbons (Fsp3) is 0.462. The quantitative estimate of drug-likeness (QED) is 0.525. The van der Waals surface area contributed by atoms with Crippen LogP contribution in [-0.2, 0) is 20.9 Å². The number of fused-ring (bicyclic) bond motifs is 1. The SMILES string of the molecule is COCCN(C(=O)Cn1nnc2ccccc21)C(C(=O)NC1CCCCC1)c1ccccc1C. The number of nitrogens with one attached hydrogen (secondary N) is 1. The summed E-state index contributed by atoms with van der Waals surface area (Å²) in [5, 5.41) is 11.6. The molecule has 0 radical (unpaired) electrons. The van der Waals surface area contributed by atoms with E-state index in [9.17, 15) is 9.59 Å². The van der Waals surface area contributed by atoms with Crippen LogP contribution in [0.1, 0.15) is 49.3 Å². The lowest BCUT2D eigenvalue weighted by molar-refractivity contribution is -0.142. The van der Waals surface area contributed by atoms with Gasteiger partial charge >= 0.3 is 0 Å². The predicted molar refractivity (Wildman–Crippen MR) is 130 cm³/mol. The van der Waals surface area contributed by atoms with Crippen molar-refractivity contribution in [3.8, 4) is 0 Å². The number of hydrogen-bond donors (Lipinski definition) is 1. The maximum absolute atomic E-state index is 13.7. The third-order valence-electron chi connectivity index (χ3n) is 6.56. The molecule has 0 aliphatic heterocycles. The molecule has 8 heteroatoms. The highest BCUT2D eigenvalue weighted by atomic mass is 16.5. The highest BCUT2D eigenvalue weighted by Gasteiger charge is 2.33. The molecule has 0 spiro atoms. The molecule has 1 aliphatic rings. The summed E-state index contributed by atoms with van der Waals surface area (Å²) < 4.78 is 6.90. The van der Waals surface area contributed by atoms with E-state index in [0.717, 1.165) is 47.8 Å². The number of methoxy groups -OCH3 is 1. The summed E-state index contributed by atoms with van der Waals surface area (Å²) in [5.41, 5.74) is 3.29. The zero-order valence-corrected chi connectivity index (χ0v) is 19.9. The predicted octanol–water partition coefficient (Wildman–Crippen LogP) is 3.40. The molecule has 34 heavy (non-hydrogen) atoms. The first-order chi connectivity index (χ1) is 16.6. The second kappa shape index (κ2) is 11.2. The van der Waals surface area contributed by atoms with Gasteiger partial charge in [-0.05, 0) is 43.0 Å². The zero-order chi connectivity index (χ0) is 23.9. The summed E-state index contributed by atoms with van der Waals surface area (Å²) in [6, 6.07) is 14.7. The van der Waals surface area contributed by atoms with E-state index in [-0.39, 0.29) is 24.4 Å². The second-order valence-corrected chi connectivity index (χ2v) is 8.92.